The number of nitrogens with one attached hydrogen (secondary N) is 1. The van der Waals surface area contributed by atoms with E-state index in [4.69, 9.17) is 5.73 Å². The number of carbonyl (C=O) groups excluding carboxylic acids is 1. The minimum Gasteiger partial charge on any atom is -0.347 e. The molecule has 4 heteroatoms. The van der Waals surface area contributed by atoms with Crippen LogP contribution in [0.1, 0.15) is 57.0 Å². The SMILES string of the molecule is CC(C)(C)CC(C)(C)NC(=O)c1ccncc1C#CCN. The first-order chi connectivity index (χ1) is 9.64. The molecule has 21 heavy (non-hydrogen) atoms. The largest absolute Gasteiger partial charge is 0.347 e. The summed E-state index contributed by atoms with van der Waals surface area (Å²) in [5.41, 5.74) is 6.36. The Morgan fingerprint density at radius 1 is 1.33 bits per heavy atom. The van der Waals surface area contributed by atoms with E-state index in [1.807, 2.05) is 13.8 Å². The summed E-state index contributed by atoms with van der Waals surface area (Å²) in [4.78, 5) is 16.5. The van der Waals surface area contributed by atoms with Crippen LogP contribution in [-0.4, -0.2) is 23.0 Å². The highest BCUT2D eigenvalue weighted by Gasteiger charge is 2.27. The average molecular weight is 287 g/mol. The molecular weight excluding hydrogens is 262 g/mol. The summed E-state index contributed by atoms with van der Waals surface area (Å²) in [5.74, 6) is 5.52. The lowest BCUT2D eigenvalue weighted by atomic mass is 9.81. The Balaban J connectivity index is 2.95. The summed E-state index contributed by atoms with van der Waals surface area (Å²) in [6, 6.07) is 1.68. The predicted molar refractivity (Wildman–Crippen MR) is 85.8 cm³/mol. The maximum Gasteiger partial charge on any atom is 0.253 e. The molecule has 0 saturated carbocycles. The average Bonchev–Trinajstić information content (AvgIpc) is 2.33. The maximum absolute atomic E-state index is 12.5. The standard InChI is InChI=1S/C17H25N3O/c1-16(2,3)12-17(4,5)20-15(21)14-8-10-19-11-13(14)7-6-9-18/h8,10-11H,9,12,18H2,1-5H3,(H,20,21). The fourth-order valence-corrected chi connectivity index (χ4v) is 2.58. The predicted octanol–water partition coefficient (Wildman–Crippen LogP) is 2.34. The van der Waals surface area contributed by atoms with Crippen molar-refractivity contribution < 1.29 is 4.79 Å². The van der Waals surface area contributed by atoms with Crippen molar-refractivity contribution in [3.8, 4) is 11.8 Å². The summed E-state index contributed by atoms with van der Waals surface area (Å²) in [6.45, 7) is 10.8. The second kappa shape index (κ2) is 6.73. The number of nitrogens with two attached hydrogens (primary N) is 1. The summed E-state index contributed by atoms with van der Waals surface area (Å²) in [6.07, 6.45) is 4.06. The molecule has 0 atom stereocenters. The van der Waals surface area contributed by atoms with Crippen LogP contribution in [0.3, 0.4) is 0 Å². The third kappa shape index (κ3) is 5.97. The minimum absolute atomic E-state index is 0.132. The Labute approximate surface area is 127 Å². The number of aromatic nitrogens is 1. The van der Waals surface area contributed by atoms with E-state index in [0.717, 1.165) is 6.42 Å². The number of carbonyl (C=O) groups is 1. The first-order valence-corrected chi connectivity index (χ1v) is 7.10. The summed E-state index contributed by atoms with van der Waals surface area (Å²) < 4.78 is 0. The highest BCUT2D eigenvalue weighted by atomic mass is 16.1. The topological polar surface area (TPSA) is 68.0 Å². The van der Waals surface area contributed by atoms with E-state index in [2.05, 4.69) is 42.9 Å². The van der Waals surface area contributed by atoms with Crippen molar-refractivity contribution in [1.82, 2.24) is 10.3 Å². The van der Waals surface area contributed by atoms with Gasteiger partial charge in [0.25, 0.3) is 5.91 Å². The molecule has 0 saturated heterocycles. The quantitative estimate of drug-likeness (QED) is 0.838. The molecule has 0 radical (unpaired) electrons. The normalized spacial score (nSPS) is 11.5. The number of hydrogen-bond acceptors (Lipinski definition) is 3. The third-order valence-corrected chi connectivity index (χ3v) is 2.82. The lowest BCUT2D eigenvalue weighted by Gasteiger charge is -2.33. The van der Waals surface area contributed by atoms with E-state index in [0.29, 0.717) is 11.1 Å². The Morgan fingerprint density at radius 2 is 2.00 bits per heavy atom. The van der Waals surface area contributed by atoms with Crippen LogP contribution in [0, 0.1) is 17.3 Å². The van der Waals surface area contributed by atoms with Gasteiger partial charge in [-0.25, -0.2) is 0 Å². The van der Waals surface area contributed by atoms with Crippen molar-refractivity contribution in [3.63, 3.8) is 0 Å². The van der Waals surface area contributed by atoms with Gasteiger partial charge in [-0.2, -0.15) is 0 Å². The first kappa shape index (κ1) is 17.2. The molecule has 1 rings (SSSR count). The highest BCUT2D eigenvalue weighted by molar-refractivity contribution is 5.97. The van der Waals surface area contributed by atoms with Crippen molar-refractivity contribution >= 4 is 5.91 Å². The van der Waals surface area contributed by atoms with Crippen LogP contribution in [0.15, 0.2) is 18.5 Å². The van der Waals surface area contributed by atoms with Gasteiger partial charge >= 0.3 is 0 Å². The van der Waals surface area contributed by atoms with Gasteiger partial charge in [-0.3, -0.25) is 9.78 Å². The van der Waals surface area contributed by atoms with Crippen molar-refractivity contribution in [2.75, 3.05) is 6.54 Å². The molecule has 0 spiro atoms. The molecule has 0 aliphatic rings. The lowest BCUT2D eigenvalue weighted by molar-refractivity contribution is 0.0891. The van der Waals surface area contributed by atoms with Gasteiger partial charge in [-0.05, 0) is 31.7 Å². The smallest absolute Gasteiger partial charge is 0.253 e. The van der Waals surface area contributed by atoms with Crippen molar-refractivity contribution in [2.24, 2.45) is 11.1 Å². The highest BCUT2D eigenvalue weighted by Crippen LogP contribution is 2.27. The van der Waals surface area contributed by atoms with Crippen molar-refractivity contribution in [1.29, 1.82) is 0 Å². The van der Waals surface area contributed by atoms with Crippen LogP contribution < -0.4 is 11.1 Å². The van der Waals surface area contributed by atoms with Crippen LogP contribution in [0.2, 0.25) is 0 Å². The summed E-state index contributed by atoms with van der Waals surface area (Å²) >= 11 is 0. The molecule has 4 nitrogen and oxygen atoms in total. The number of hydrogen-bond donors (Lipinski definition) is 2. The van der Waals surface area contributed by atoms with Gasteiger partial charge in [0, 0.05) is 17.9 Å². The molecule has 1 aromatic rings. The van der Waals surface area contributed by atoms with E-state index < -0.39 is 0 Å². The molecule has 3 N–H and O–H groups in total. The van der Waals surface area contributed by atoms with Gasteiger partial charge in [-0.15, -0.1) is 0 Å². The molecule has 0 bridgehead atoms. The summed E-state index contributed by atoms with van der Waals surface area (Å²) in [7, 11) is 0. The lowest BCUT2D eigenvalue weighted by Crippen LogP contribution is -2.46. The molecule has 0 aliphatic carbocycles. The molecule has 114 valence electrons. The monoisotopic (exact) mass is 287 g/mol. The van der Waals surface area contributed by atoms with Gasteiger partial charge in [0.05, 0.1) is 17.7 Å². The minimum atomic E-state index is -0.294. The number of nitrogens with zero attached hydrogens (tertiary/aromatic N) is 1. The van der Waals surface area contributed by atoms with E-state index >= 15 is 0 Å². The van der Waals surface area contributed by atoms with Gasteiger partial charge in [-0.1, -0.05) is 32.6 Å². The van der Waals surface area contributed by atoms with Gasteiger partial charge in [0.1, 0.15) is 0 Å². The Morgan fingerprint density at radius 3 is 2.57 bits per heavy atom. The van der Waals surface area contributed by atoms with Crippen LogP contribution in [0.4, 0.5) is 0 Å². The third-order valence-electron chi connectivity index (χ3n) is 2.82. The molecule has 1 heterocycles. The van der Waals surface area contributed by atoms with E-state index in [9.17, 15) is 4.79 Å². The van der Waals surface area contributed by atoms with Gasteiger partial charge in [0.15, 0.2) is 0 Å². The fourth-order valence-electron chi connectivity index (χ4n) is 2.58. The first-order valence-electron chi connectivity index (χ1n) is 7.10. The molecule has 1 aromatic heterocycles. The van der Waals surface area contributed by atoms with Crippen LogP contribution in [0.5, 0.6) is 0 Å². The fraction of sp³-hybridized carbons (Fsp3) is 0.529. The maximum atomic E-state index is 12.5. The molecule has 0 unspecified atom stereocenters. The zero-order valence-electron chi connectivity index (χ0n) is 13.6. The Bertz CT molecular complexity index is 559. The van der Waals surface area contributed by atoms with E-state index in [1.54, 1.807) is 18.5 Å². The molecule has 1 amide bonds. The number of rotatable bonds is 3. The van der Waals surface area contributed by atoms with Gasteiger partial charge in [0.2, 0.25) is 0 Å². The zero-order valence-corrected chi connectivity index (χ0v) is 13.6. The Hall–Kier alpha value is -1.86. The van der Waals surface area contributed by atoms with E-state index in [-0.39, 0.29) is 23.4 Å². The molecule has 0 fully saturated rings. The summed E-state index contributed by atoms with van der Waals surface area (Å²) in [5, 5.41) is 3.08. The number of pyridine rings is 1. The zero-order chi connectivity index (χ0) is 16.1. The van der Waals surface area contributed by atoms with Crippen LogP contribution >= 0.6 is 0 Å². The van der Waals surface area contributed by atoms with Crippen molar-refractivity contribution in [3.05, 3.63) is 29.6 Å². The number of amides is 1. The Kier molecular flexibility index (Phi) is 5.51. The molecule has 0 aromatic carbocycles. The van der Waals surface area contributed by atoms with Crippen molar-refractivity contribution in [2.45, 2.75) is 46.6 Å². The second-order valence-electron chi connectivity index (χ2n) is 7.00. The van der Waals surface area contributed by atoms with Crippen LogP contribution in [0.25, 0.3) is 0 Å². The van der Waals surface area contributed by atoms with E-state index in [1.165, 1.54) is 0 Å². The van der Waals surface area contributed by atoms with Crippen LogP contribution in [-0.2, 0) is 0 Å². The molecule has 0 aliphatic heterocycles. The molecular formula is C17H25N3O. The second-order valence-corrected chi connectivity index (χ2v) is 7.00. The van der Waals surface area contributed by atoms with Gasteiger partial charge < -0.3 is 11.1 Å².